The molecule has 1 aliphatic heterocycles. The summed E-state index contributed by atoms with van der Waals surface area (Å²) in [4.78, 5) is 14.3. The molecule has 1 aromatic carbocycles. The summed E-state index contributed by atoms with van der Waals surface area (Å²) >= 11 is 2.17. The number of carbonyl (C=O) groups is 1. The molecular weight excluding hydrogens is 343 g/mol. The molecule has 2 rings (SSSR count). The van der Waals surface area contributed by atoms with Gasteiger partial charge >= 0.3 is 0 Å². The summed E-state index contributed by atoms with van der Waals surface area (Å²) in [5, 5.41) is 0. The van der Waals surface area contributed by atoms with Gasteiger partial charge in [-0.05, 0) is 59.7 Å². The van der Waals surface area contributed by atoms with Gasteiger partial charge in [-0.1, -0.05) is 0 Å². The third-order valence-electron chi connectivity index (χ3n) is 3.31. The molecule has 18 heavy (non-hydrogen) atoms. The van der Waals surface area contributed by atoms with Crippen LogP contribution in [0.1, 0.15) is 16.8 Å². The molecule has 1 aromatic rings. The van der Waals surface area contributed by atoms with E-state index in [2.05, 4.69) is 22.6 Å². The molecule has 0 aromatic heterocycles. The first kappa shape index (κ1) is 13.6. The van der Waals surface area contributed by atoms with E-state index in [9.17, 15) is 4.79 Å². The van der Waals surface area contributed by atoms with Crippen LogP contribution in [-0.2, 0) is 0 Å². The predicted molar refractivity (Wildman–Crippen MR) is 78.8 cm³/mol. The van der Waals surface area contributed by atoms with Crippen LogP contribution in [0.15, 0.2) is 18.2 Å². The Hall–Kier alpha value is -0.820. The lowest BCUT2D eigenvalue weighted by molar-refractivity contribution is 0.0786. The van der Waals surface area contributed by atoms with Gasteiger partial charge in [0.2, 0.25) is 0 Å². The zero-order valence-electron chi connectivity index (χ0n) is 10.4. The number of hydrogen-bond donors (Lipinski definition) is 1. The number of benzene rings is 1. The zero-order chi connectivity index (χ0) is 13.1. The Bertz CT molecular complexity index is 451. The molecule has 1 atom stereocenters. The maximum atomic E-state index is 12.4. The SMILES string of the molecule is COc1ccc(C(=O)N2CCC(CN)C2)c(I)c1. The Morgan fingerprint density at radius 3 is 2.94 bits per heavy atom. The van der Waals surface area contributed by atoms with Crippen molar-refractivity contribution in [3.63, 3.8) is 0 Å². The number of ether oxygens (including phenoxy) is 1. The van der Waals surface area contributed by atoms with E-state index in [0.717, 1.165) is 34.4 Å². The molecule has 1 amide bonds. The Balaban J connectivity index is 2.14. The van der Waals surface area contributed by atoms with Crippen LogP contribution in [-0.4, -0.2) is 37.6 Å². The van der Waals surface area contributed by atoms with Gasteiger partial charge in [-0.3, -0.25) is 4.79 Å². The number of halogens is 1. The highest BCUT2D eigenvalue weighted by Gasteiger charge is 2.26. The lowest BCUT2D eigenvalue weighted by Crippen LogP contribution is -2.30. The standard InChI is InChI=1S/C13H17IN2O2/c1-18-10-2-3-11(12(14)6-10)13(17)16-5-4-9(7-15)8-16/h2-3,6,9H,4-5,7-8,15H2,1H3. The highest BCUT2D eigenvalue weighted by Crippen LogP contribution is 2.23. The quantitative estimate of drug-likeness (QED) is 0.836. The molecule has 0 saturated carbocycles. The van der Waals surface area contributed by atoms with Crippen molar-refractivity contribution in [3.05, 3.63) is 27.3 Å². The molecule has 2 N–H and O–H groups in total. The fourth-order valence-electron chi connectivity index (χ4n) is 2.18. The Morgan fingerprint density at radius 2 is 2.39 bits per heavy atom. The number of hydrogen-bond acceptors (Lipinski definition) is 3. The maximum absolute atomic E-state index is 12.4. The predicted octanol–water partition coefficient (Wildman–Crippen LogP) is 1.72. The summed E-state index contributed by atoms with van der Waals surface area (Å²) in [6, 6.07) is 5.54. The Labute approximate surface area is 121 Å². The molecule has 98 valence electrons. The van der Waals surface area contributed by atoms with Crippen molar-refractivity contribution in [1.29, 1.82) is 0 Å². The van der Waals surface area contributed by atoms with E-state index in [1.807, 2.05) is 23.1 Å². The van der Waals surface area contributed by atoms with E-state index in [1.54, 1.807) is 7.11 Å². The van der Waals surface area contributed by atoms with Gasteiger partial charge < -0.3 is 15.4 Å². The van der Waals surface area contributed by atoms with Crippen LogP contribution < -0.4 is 10.5 Å². The highest BCUT2D eigenvalue weighted by molar-refractivity contribution is 14.1. The molecule has 0 radical (unpaired) electrons. The van der Waals surface area contributed by atoms with E-state index < -0.39 is 0 Å². The second-order valence-corrected chi connectivity index (χ2v) is 5.65. The number of nitrogens with zero attached hydrogens (tertiary/aromatic N) is 1. The van der Waals surface area contributed by atoms with Crippen molar-refractivity contribution in [3.8, 4) is 5.75 Å². The molecule has 0 bridgehead atoms. The summed E-state index contributed by atoms with van der Waals surface area (Å²) in [5.41, 5.74) is 6.39. The average Bonchev–Trinajstić information content (AvgIpc) is 2.86. The van der Waals surface area contributed by atoms with Crippen LogP contribution in [0.2, 0.25) is 0 Å². The van der Waals surface area contributed by atoms with Crippen molar-refractivity contribution in [2.24, 2.45) is 11.7 Å². The topological polar surface area (TPSA) is 55.6 Å². The highest BCUT2D eigenvalue weighted by atomic mass is 127. The van der Waals surface area contributed by atoms with Crippen LogP contribution in [0.25, 0.3) is 0 Å². The van der Waals surface area contributed by atoms with E-state index in [1.165, 1.54) is 0 Å². The fourth-order valence-corrected chi connectivity index (χ4v) is 2.89. The first-order chi connectivity index (χ1) is 8.65. The molecular formula is C13H17IN2O2. The minimum atomic E-state index is 0.0954. The fraction of sp³-hybridized carbons (Fsp3) is 0.462. The van der Waals surface area contributed by atoms with Crippen molar-refractivity contribution >= 4 is 28.5 Å². The van der Waals surface area contributed by atoms with E-state index >= 15 is 0 Å². The summed E-state index contributed by atoms with van der Waals surface area (Å²) in [6.07, 6.45) is 1.01. The summed E-state index contributed by atoms with van der Waals surface area (Å²) in [6.45, 7) is 2.24. The van der Waals surface area contributed by atoms with E-state index in [4.69, 9.17) is 10.5 Å². The molecule has 0 aliphatic carbocycles. The molecule has 5 heteroatoms. The first-order valence-electron chi connectivity index (χ1n) is 5.98. The molecule has 1 fully saturated rings. The number of methoxy groups -OCH3 is 1. The third-order valence-corrected chi connectivity index (χ3v) is 4.21. The van der Waals surface area contributed by atoms with Crippen LogP contribution >= 0.6 is 22.6 Å². The largest absolute Gasteiger partial charge is 0.497 e. The van der Waals surface area contributed by atoms with Gasteiger partial charge in [-0.2, -0.15) is 0 Å². The third kappa shape index (κ3) is 2.77. The second kappa shape index (κ2) is 5.88. The Kier molecular flexibility index (Phi) is 4.45. The molecule has 1 heterocycles. The Morgan fingerprint density at radius 1 is 1.61 bits per heavy atom. The van der Waals surface area contributed by atoms with Crippen molar-refractivity contribution in [2.75, 3.05) is 26.7 Å². The van der Waals surface area contributed by atoms with Gasteiger partial charge in [-0.25, -0.2) is 0 Å². The van der Waals surface area contributed by atoms with Crippen molar-refractivity contribution < 1.29 is 9.53 Å². The smallest absolute Gasteiger partial charge is 0.254 e. The van der Waals surface area contributed by atoms with Gasteiger partial charge in [0.25, 0.3) is 5.91 Å². The van der Waals surface area contributed by atoms with Gasteiger partial charge in [0.15, 0.2) is 0 Å². The van der Waals surface area contributed by atoms with Gasteiger partial charge in [-0.15, -0.1) is 0 Å². The van der Waals surface area contributed by atoms with Crippen LogP contribution in [0.5, 0.6) is 5.75 Å². The molecule has 0 spiro atoms. The second-order valence-electron chi connectivity index (χ2n) is 4.49. The van der Waals surface area contributed by atoms with Gasteiger partial charge in [0.05, 0.1) is 12.7 Å². The minimum absolute atomic E-state index is 0.0954. The van der Waals surface area contributed by atoms with Gasteiger partial charge in [0, 0.05) is 16.7 Å². The number of carbonyl (C=O) groups excluding carboxylic acids is 1. The number of nitrogens with two attached hydrogens (primary N) is 1. The van der Waals surface area contributed by atoms with Crippen molar-refractivity contribution in [2.45, 2.75) is 6.42 Å². The number of likely N-dealkylation sites (tertiary alicyclic amines) is 1. The summed E-state index contributed by atoms with van der Waals surface area (Å²) < 4.78 is 6.07. The number of rotatable bonds is 3. The molecule has 1 unspecified atom stereocenters. The maximum Gasteiger partial charge on any atom is 0.254 e. The summed E-state index contributed by atoms with van der Waals surface area (Å²) in [7, 11) is 1.62. The molecule has 1 saturated heterocycles. The van der Waals surface area contributed by atoms with Gasteiger partial charge in [0.1, 0.15) is 5.75 Å². The lowest BCUT2D eigenvalue weighted by atomic mass is 10.1. The van der Waals surface area contributed by atoms with Crippen LogP contribution in [0.4, 0.5) is 0 Å². The van der Waals surface area contributed by atoms with Crippen LogP contribution in [0.3, 0.4) is 0 Å². The molecule has 1 aliphatic rings. The van der Waals surface area contributed by atoms with Crippen LogP contribution in [0, 0.1) is 9.49 Å². The first-order valence-corrected chi connectivity index (χ1v) is 7.06. The average molecular weight is 360 g/mol. The summed E-state index contributed by atoms with van der Waals surface area (Å²) in [5.74, 6) is 1.32. The lowest BCUT2D eigenvalue weighted by Gasteiger charge is -2.17. The molecule has 4 nitrogen and oxygen atoms in total. The normalized spacial score (nSPS) is 19.1. The van der Waals surface area contributed by atoms with E-state index in [-0.39, 0.29) is 5.91 Å². The number of amides is 1. The zero-order valence-corrected chi connectivity index (χ0v) is 12.5. The minimum Gasteiger partial charge on any atom is -0.497 e. The monoisotopic (exact) mass is 360 g/mol. The van der Waals surface area contributed by atoms with Crippen molar-refractivity contribution in [1.82, 2.24) is 4.90 Å². The van der Waals surface area contributed by atoms with E-state index in [0.29, 0.717) is 12.5 Å².